The number of hydrogen-bond acceptors (Lipinski definition) is 5. The minimum atomic E-state index is -0.810. The van der Waals surface area contributed by atoms with Crippen molar-refractivity contribution in [1.29, 1.82) is 0 Å². The molecule has 5 heteroatoms. The number of rotatable bonds is 17. The fourth-order valence-electron chi connectivity index (χ4n) is 2.32. The number of carbonyl (C=O) groups is 1. The van der Waals surface area contributed by atoms with Gasteiger partial charge in [-0.05, 0) is 38.5 Å². The minimum Gasteiger partial charge on any atom is -0.457 e. The molecule has 0 radical (unpaired) electrons. The summed E-state index contributed by atoms with van der Waals surface area (Å²) in [6.45, 7) is 1.40. The van der Waals surface area contributed by atoms with Gasteiger partial charge in [0.05, 0.1) is 19.3 Å². The highest BCUT2D eigenvalue weighted by molar-refractivity contribution is 5.69. The summed E-state index contributed by atoms with van der Waals surface area (Å²) < 4.78 is 4.89. The molecule has 0 heterocycles. The van der Waals surface area contributed by atoms with Gasteiger partial charge in [-0.1, -0.05) is 68.4 Å². The molecule has 0 aliphatic rings. The van der Waals surface area contributed by atoms with Gasteiger partial charge < -0.3 is 20.1 Å². The lowest BCUT2D eigenvalue weighted by molar-refractivity contribution is -0.153. The Morgan fingerprint density at radius 2 is 1.46 bits per heavy atom. The van der Waals surface area contributed by atoms with Crippen molar-refractivity contribution in [2.75, 3.05) is 13.2 Å². The fourth-order valence-corrected chi connectivity index (χ4v) is 2.32. The topological polar surface area (TPSA) is 87.0 Å². The second-order valence-corrected chi connectivity index (χ2v) is 6.63. The zero-order valence-corrected chi connectivity index (χ0v) is 17.2. The highest BCUT2D eigenvalue weighted by atomic mass is 16.6. The molecular formula is C23H38O5. The van der Waals surface area contributed by atoms with Crippen LogP contribution in [0.25, 0.3) is 0 Å². The van der Waals surface area contributed by atoms with Gasteiger partial charge in [-0.3, -0.25) is 4.79 Å². The highest BCUT2D eigenvalue weighted by Crippen LogP contribution is 2.03. The van der Waals surface area contributed by atoms with E-state index in [4.69, 9.17) is 14.9 Å². The van der Waals surface area contributed by atoms with Crippen LogP contribution in [0.15, 0.2) is 48.6 Å². The molecule has 5 nitrogen and oxygen atoms in total. The number of ether oxygens (including phenoxy) is 1. The van der Waals surface area contributed by atoms with E-state index in [1.807, 2.05) is 18.2 Å². The predicted molar refractivity (Wildman–Crippen MR) is 114 cm³/mol. The zero-order valence-electron chi connectivity index (χ0n) is 17.2. The van der Waals surface area contributed by atoms with Crippen molar-refractivity contribution in [2.24, 2.45) is 0 Å². The van der Waals surface area contributed by atoms with E-state index in [2.05, 4.69) is 37.3 Å². The summed E-state index contributed by atoms with van der Waals surface area (Å²) in [6, 6.07) is 0. The van der Waals surface area contributed by atoms with Gasteiger partial charge in [0.2, 0.25) is 0 Å². The molecule has 3 N–H and O–H groups in total. The molecule has 160 valence electrons. The average molecular weight is 395 g/mol. The van der Waals surface area contributed by atoms with E-state index >= 15 is 0 Å². The van der Waals surface area contributed by atoms with E-state index in [0.717, 1.165) is 44.9 Å². The summed E-state index contributed by atoms with van der Waals surface area (Å²) in [6.07, 6.45) is 22.7. The fraction of sp³-hybridized carbons (Fsp3) is 0.609. The van der Waals surface area contributed by atoms with E-state index in [-0.39, 0.29) is 25.7 Å². The molecule has 0 saturated heterocycles. The quantitative estimate of drug-likeness (QED) is 0.197. The van der Waals surface area contributed by atoms with Crippen molar-refractivity contribution in [3.63, 3.8) is 0 Å². The molecule has 0 unspecified atom stereocenters. The lowest BCUT2D eigenvalue weighted by atomic mass is 10.1. The molecule has 1 atom stereocenters. The monoisotopic (exact) mass is 394 g/mol. The van der Waals surface area contributed by atoms with Crippen molar-refractivity contribution in [2.45, 2.75) is 76.9 Å². The Hall–Kier alpha value is -1.69. The van der Waals surface area contributed by atoms with Gasteiger partial charge in [-0.15, -0.1) is 0 Å². The van der Waals surface area contributed by atoms with Crippen LogP contribution in [0.5, 0.6) is 0 Å². The second kappa shape index (κ2) is 20.1. The zero-order chi connectivity index (χ0) is 20.9. The van der Waals surface area contributed by atoms with Crippen LogP contribution in [0.4, 0.5) is 0 Å². The Balaban J connectivity index is 3.63. The first-order chi connectivity index (χ1) is 13.6. The van der Waals surface area contributed by atoms with E-state index in [9.17, 15) is 9.90 Å². The Morgan fingerprint density at radius 1 is 0.893 bits per heavy atom. The maximum absolute atomic E-state index is 11.4. The van der Waals surface area contributed by atoms with Gasteiger partial charge in [-0.25, -0.2) is 0 Å². The molecule has 0 aromatic carbocycles. The van der Waals surface area contributed by atoms with Gasteiger partial charge in [-0.2, -0.15) is 0 Å². The van der Waals surface area contributed by atoms with E-state index in [1.54, 1.807) is 0 Å². The summed E-state index contributed by atoms with van der Waals surface area (Å²) in [5.41, 5.74) is 0. The third kappa shape index (κ3) is 17.7. The predicted octanol–water partition coefficient (Wildman–Crippen LogP) is 4.00. The molecule has 28 heavy (non-hydrogen) atoms. The van der Waals surface area contributed by atoms with Crippen LogP contribution < -0.4 is 0 Å². The SMILES string of the molecule is CCCC[C@@H](O)/C=C\C/C=C\C/C=C\C/C=C\CCCC(=O)OC(CO)CO. The normalized spacial score (nSPS) is 13.6. The van der Waals surface area contributed by atoms with Crippen molar-refractivity contribution in [3.05, 3.63) is 48.6 Å². The number of aliphatic hydroxyl groups is 3. The highest BCUT2D eigenvalue weighted by Gasteiger charge is 2.11. The van der Waals surface area contributed by atoms with Gasteiger partial charge in [0, 0.05) is 6.42 Å². The summed E-state index contributed by atoms with van der Waals surface area (Å²) >= 11 is 0. The Morgan fingerprint density at radius 3 is 2.04 bits per heavy atom. The van der Waals surface area contributed by atoms with Crippen LogP contribution >= 0.6 is 0 Å². The van der Waals surface area contributed by atoms with Crippen LogP contribution in [0, 0.1) is 0 Å². The summed E-state index contributed by atoms with van der Waals surface area (Å²) in [4.78, 5) is 11.4. The van der Waals surface area contributed by atoms with Crippen LogP contribution in [0.3, 0.4) is 0 Å². The smallest absolute Gasteiger partial charge is 0.306 e. The largest absolute Gasteiger partial charge is 0.457 e. The minimum absolute atomic E-state index is 0.283. The Bertz CT molecular complexity index is 475. The molecule has 0 aliphatic heterocycles. The number of allylic oxidation sites excluding steroid dienone is 7. The maximum Gasteiger partial charge on any atom is 0.306 e. The molecule has 0 amide bonds. The van der Waals surface area contributed by atoms with Crippen LogP contribution in [-0.2, 0) is 9.53 Å². The van der Waals surface area contributed by atoms with Gasteiger partial charge in [0.15, 0.2) is 0 Å². The third-order valence-corrected chi connectivity index (χ3v) is 3.99. The summed E-state index contributed by atoms with van der Waals surface area (Å²) in [5, 5.41) is 27.3. The third-order valence-electron chi connectivity index (χ3n) is 3.99. The van der Waals surface area contributed by atoms with Gasteiger partial charge >= 0.3 is 5.97 Å². The van der Waals surface area contributed by atoms with Crippen molar-refractivity contribution in [3.8, 4) is 0 Å². The van der Waals surface area contributed by atoms with Gasteiger partial charge in [0.25, 0.3) is 0 Å². The number of carbonyl (C=O) groups excluding carboxylic acids is 1. The van der Waals surface area contributed by atoms with Crippen molar-refractivity contribution < 1.29 is 24.9 Å². The van der Waals surface area contributed by atoms with Gasteiger partial charge in [0.1, 0.15) is 6.10 Å². The summed E-state index contributed by atoms with van der Waals surface area (Å²) in [7, 11) is 0. The number of hydrogen-bond donors (Lipinski definition) is 3. The van der Waals surface area contributed by atoms with E-state index < -0.39 is 12.1 Å². The molecule has 0 spiro atoms. The van der Waals surface area contributed by atoms with Crippen LogP contribution in [0.1, 0.15) is 64.7 Å². The maximum atomic E-state index is 11.4. The van der Waals surface area contributed by atoms with Crippen LogP contribution in [-0.4, -0.2) is 46.7 Å². The molecular weight excluding hydrogens is 356 g/mol. The molecule has 0 aromatic rings. The van der Waals surface area contributed by atoms with Crippen molar-refractivity contribution in [1.82, 2.24) is 0 Å². The first-order valence-corrected chi connectivity index (χ1v) is 10.3. The molecule has 0 saturated carbocycles. The second-order valence-electron chi connectivity index (χ2n) is 6.63. The molecule has 0 aliphatic carbocycles. The molecule has 0 rings (SSSR count). The van der Waals surface area contributed by atoms with E-state index in [0.29, 0.717) is 6.42 Å². The lowest BCUT2D eigenvalue weighted by Gasteiger charge is -2.11. The molecule has 0 fully saturated rings. The number of esters is 1. The van der Waals surface area contributed by atoms with Crippen LogP contribution in [0.2, 0.25) is 0 Å². The Labute approximate surface area is 170 Å². The summed E-state index contributed by atoms with van der Waals surface area (Å²) in [5.74, 6) is -0.390. The number of aliphatic hydroxyl groups excluding tert-OH is 3. The molecule has 0 bridgehead atoms. The average Bonchev–Trinajstić information content (AvgIpc) is 2.70. The number of unbranched alkanes of at least 4 members (excludes halogenated alkanes) is 2. The molecule has 0 aromatic heterocycles. The lowest BCUT2D eigenvalue weighted by Crippen LogP contribution is -2.25. The first kappa shape index (κ1) is 26.3. The first-order valence-electron chi connectivity index (χ1n) is 10.3. The van der Waals surface area contributed by atoms with E-state index in [1.165, 1.54) is 0 Å². The van der Waals surface area contributed by atoms with Crippen molar-refractivity contribution >= 4 is 5.97 Å². The standard InChI is InChI=1S/C23H38O5/c1-2-3-16-21(26)17-14-12-10-8-6-4-5-7-9-11-13-15-18-23(27)28-22(19-24)20-25/h4-5,8-11,14,17,21-22,24-26H,2-3,6-7,12-13,15-16,18-20H2,1H3/b5-4-,10-8-,11-9-,17-14-/t21-/m1/s1. The Kier molecular flexibility index (Phi) is 18.8.